The summed E-state index contributed by atoms with van der Waals surface area (Å²) in [6.07, 6.45) is 2.05. The number of nitrogens with zero attached hydrogens (tertiary/aromatic N) is 1. The van der Waals surface area contributed by atoms with Crippen LogP contribution in [0.15, 0.2) is 42.6 Å². The van der Waals surface area contributed by atoms with E-state index in [2.05, 4.69) is 22.9 Å². The molecule has 0 aliphatic rings. The molecule has 0 aliphatic heterocycles. The molecule has 1 heterocycles. The summed E-state index contributed by atoms with van der Waals surface area (Å²) in [4.78, 5) is 10.7. The Morgan fingerprint density at radius 1 is 1.28 bits per heavy atom. The normalized spacial score (nSPS) is 10.3. The minimum absolute atomic E-state index is 0.303. The maximum absolute atomic E-state index is 10.7. The van der Waals surface area contributed by atoms with Crippen LogP contribution in [0.3, 0.4) is 0 Å². The molecule has 0 saturated carbocycles. The Bertz CT molecular complexity index is 529. The number of hydrogen-bond donors (Lipinski definition) is 2. The van der Waals surface area contributed by atoms with Gasteiger partial charge in [-0.1, -0.05) is 0 Å². The first-order valence-corrected chi connectivity index (χ1v) is 5.92. The Morgan fingerprint density at radius 3 is 2.61 bits per heavy atom. The zero-order valence-corrected chi connectivity index (χ0v) is 10.3. The number of hydrogen-bond acceptors (Lipinski definition) is 2. The molecular weight excluding hydrogens is 228 g/mol. The third kappa shape index (κ3) is 2.71. The number of nitrogens with one attached hydrogen (secondary N) is 1. The van der Waals surface area contributed by atoms with Gasteiger partial charge >= 0.3 is 5.97 Å². The zero-order chi connectivity index (χ0) is 13.0. The average Bonchev–Trinajstić information content (AvgIpc) is 2.84. The van der Waals surface area contributed by atoms with Crippen molar-refractivity contribution in [3.05, 3.63) is 53.9 Å². The van der Waals surface area contributed by atoms with E-state index in [-0.39, 0.29) is 0 Å². The number of aromatic carboxylic acids is 1. The second kappa shape index (κ2) is 5.40. The monoisotopic (exact) mass is 244 g/mol. The molecule has 0 saturated heterocycles. The van der Waals surface area contributed by atoms with Crippen LogP contribution in [0.2, 0.25) is 0 Å². The van der Waals surface area contributed by atoms with E-state index in [0.29, 0.717) is 5.56 Å². The molecule has 0 bridgehead atoms. The molecule has 1 aromatic carbocycles. The second-order valence-corrected chi connectivity index (χ2v) is 4.02. The lowest BCUT2D eigenvalue weighted by molar-refractivity contribution is 0.0697. The molecule has 4 nitrogen and oxygen atoms in total. The van der Waals surface area contributed by atoms with E-state index in [4.69, 9.17) is 5.11 Å². The van der Waals surface area contributed by atoms with Crippen LogP contribution < -0.4 is 5.32 Å². The van der Waals surface area contributed by atoms with E-state index in [1.54, 1.807) is 24.3 Å². The Balaban J connectivity index is 2.00. The molecule has 1 aromatic heterocycles. The molecule has 0 unspecified atom stereocenters. The van der Waals surface area contributed by atoms with Gasteiger partial charge in [-0.25, -0.2) is 4.79 Å². The average molecular weight is 244 g/mol. The van der Waals surface area contributed by atoms with Crippen molar-refractivity contribution in [2.75, 3.05) is 5.32 Å². The molecule has 2 aromatic rings. The highest BCUT2D eigenvalue weighted by atomic mass is 16.4. The Morgan fingerprint density at radius 2 is 2.00 bits per heavy atom. The summed E-state index contributed by atoms with van der Waals surface area (Å²) in [6.45, 7) is 3.78. The first kappa shape index (κ1) is 12.2. The molecule has 0 radical (unpaired) electrons. The number of carboxylic acids is 1. The quantitative estimate of drug-likeness (QED) is 0.850. The predicted molar refractivity (Wildman–Crippen MR) is 70.8 cm³/mol. The van der Waals surface area contributed by atoms with Crippen molar-refractivity contribution in [2.45, 2.75) is 20.0 Å². The predicted octanol–water partition coefficient (Wildman–Crippen LogP) is 2.82. The summed E-state index contributed by atoms with van der Waals surface area (Å²) in [5.41, 5.74) is 2.43. The van der Waals surface area contributed by atoms with Crippen LogP contribution in [0.5, 0.6) is 0 Å². The van der Waals surface area contributed by atoms with Crippen molar-refractivity contribution >= 4 is 11.7 Å². The number of carboxylic acid groups (broad SMARTS) is 1. The number of anilines is 1. The molecule has 2 rings (SSSR count). The van der Waals surface area contributed by atoms with E-state index < -0.39 is 5.97 Å². The Hall–Kier alpha value is -2.23. The molecular formula is C14H16N2O2. The minimum Gasteiger partial charge on any atom is -0.478 e. The van der Waals surface area contributed by atoms with E-state index in [1.165, 1.54) is 5.69 Å². The molecule has 94 valence electrons. The molecule has 0 aliphatic carbocycles. The lowest BCUT2D eigenvalue weighted by atomic mass is 10.2. The number of carbonyl (C=O) groups is 1. The van der Waals surface area contributed by atoms with Gasteiger partial charge in [0.25, 0.3) is 0 Å². The van der Waals surface area contributed by atoms with E-state index in [0.717, 1.165) is 18.8 Å². The highest BCUT2D eigenvalue weighted by molar-refractivity contribution is 5.87. The van der Waals surface area contributed by atoms with Crippen LogP contribution >= 0.6 is 0 Å². The third-order valence-corrected chi connectivity index (χ3v) is 2.87. The van der Waals surface area contributed by atoms with Crippen molar-refractivity contribution in [3.8, 4) is 0 Å². The minimum atomic E-state index is -0.901. The van der Waals surface area contributed by atoms with E-state index in [1.807, 2.05) is 12.3 Å². The van der Waals surface area contributed by atoms with Gasteiger partial charge in [-0.2, -0.15) is 0 Å². The summed E-state index contributed by atoms with van der Waals surface area (Å²) in [5.74, 6) is -0.901. The highest BCUT2D eigenvalue weighted by Gasteiger charge is 2.02. The van der Waals surface area contributed by atoms with Crippen LogP contribution in [0.4, 0.5) is 5.69 Å². The molecule has 0 atom stereocenters. The number of rotatable bonds is 5. The summed E-state index contributed by atoms with van der Waals surface area (Å²) in [5, 5.41) is 12.1. The van der Waals surface area contributed by atoms with E-state index >= 15 is 0 Å². The van der Waals surface area contributed by atoms with Crippen molar-refractivity contribution in [3.63, 3.8) is 0 Å². The number of aromatic nitrogens is 1. The fourth-order valence-electron chi connectivity index (χ4n) is 1.84. The summed E-state index contributed by atoms with van der Waals surface area (Å²) in [6, 6.07) is 10.9. The summed E-state index contributed by atoms with van der Waals surface area (Å²) < 4.78 is 2.17. The molecule has 18 heavy (non-hydrogen) atoms. The SMILES string of the molecule is CCn1cccc1CNc1ccc(C(=O)O)cc1. The maximum atomic E-state index is 10.7. The van der Waals surface area contributed by atoms with Crippen molar-refractivity contribution in [1.29, 1.82) is 0 Å². The van der Waals surface area contributed by atoms with Gasteiger partial charge in [0.2, 0.25) is 0 Å². The molecule has 0 amide bonds. The molecule has 0 fully saturated rings. The smallest absolute Gasteiger partial charge is 0.335 e. The maximum Gasteiger partial charge on any atom is 0.335 e. The van der Waals surface area contributed by atoms with Gasteiger partial charge in [0, 0.05) is 24.1 Å². The molecule has 0 spiro atoms. The topological polar surface area (TPSA) is 54.3 Å². The van der Waals surface area contributed by atoms with Crippen molar-refractivity contribution in [1.82, 2.24) is 4.57 Å². The van der Waals surface area contributed by atoms with Crippen LogP contribution in [0.1, 0.15) is 23.0 Å². The first-order chi connectivity index (χ1) is 8.70. The number of benzene rings is 1. The zero-order valence-electron chi connectivity index (χ0n) is 10.3. The lowest BCUT2D eigenvalue weighted by Crippen LogP contribution is -2.06. The van der Waals surface area contributed by atoms with Gasteiger partial charge in [-0.3, -0.25) is 0 Å². The van der Waals surface area contributed by atoms with Crippen molar-refractivity contribution < 1.29 is 9.90 Å². The van der Waals surface area contributed by atoms with Crippen LogP contribution in [0, 0.1) is 0 Å². The summed E-state index contributed by atoms with van der Waals surface area (Å²) in [7, 11) is 0. The van der Waals surface area contributed by atoms with Gasteiger partial charge in [-0.15, -0.1) is 0 Å². The van der Waals surface area contributed by atoms with Crippen LogP contribution in [0.25, 0.3) is 0 Å². The van der Waals surface area contributed by atoms with Gasteiger partial charge < -0.3 is 15.0 Å². The van der Waals surface area contributed by atoms with Gasteiger partial charge in [0.15, 0.2) is 0 Å². The van der Waals surface area contributed by atoms with Crippen LogP contribution in [-0.2, 0) is 13.1 Å². The van der Waals surface area contributed by atoms with E-state index in [9.17, 15) is 4.79 Å². The first-order valence-electron chi connectivity index (χ1n) is 5.92. The third-order valence-electron chi connectivity index (χ3n) is 2.87. The van der Waals surface area contributed by atoms with Crippen molar-refractivity contribution in [2.24, 2.45) is 0 Å². The Labute approximate surface area is 106 Å². The summed E-state index contributed by atoms with van der Waals surface area (Å²) >= 11 is 0. The lowest BCUT2D eigenvalue weighted by Gasteiger charge is -2.09. The van der Waals surface area contributed by atoms with Gasteiger partial charge in [0.05, 0.1) is 12.1 Å². The fourth-order valence-corrected chi connectivity index (χ4v) is 1.84. The van der Waals surface area contributed by atoms with Gasteiger partial charge in [0.1, 0.15) is 0 Å². The molecule has 2 N–H and O–H groups in total. The number of aryl methyl sites for hydroxylation is 1. The Kier molecular flexibility index (Phi) is 3.67. The molecule has 4 heteroatoms. The highest BCUT2D eigenvalue weighted by Crippen LogP contribution is 2.11. The fraction of sp³-hybridized carbons (Fsp3) is 0.214. The van der Waals surface area contributed by atoms with Crippen LogP contribution in [-0.4, -0.2) is 15.6 Å². The largest absolute Gasteiger partial charge is 0.478 e. The standard InChI is InChI=1S/C14H16N2O2/c1-2-16-9-3-4-13(16)10-15-12-7-5-11(6-8-12)14(17)18/h3-9,15H,2,10H2,1H3,(H,17,18). The second-order valence-electron chi connectivity index (χ2n) is 4.02. The van der Waals surface area contributed by atoms with Gasteiger partial charge in [-0.05, 0) is 43.3 Å².